The summed E-state index contributed by atoms with van der Waals surface area (Å²) in [6.45, 7) is 4.69. The highest BCUT2D eigenvalue weighted by Crippen LogP contribution is 2.15. The Labute approximate surface area is 79.3 Å². The van der Waals surface area contributed by atoms with Crippen LogP contribution in [0, 0.1) is 5.92 Å². The van der Waals surface area contributed by atoms with Gasteiger partial charge >= 0.3 is 0 Å². The van der Waals surface area contributed by atoms with Crippen molar-refractivity contribution in [3.8, 4) is 0 Å². The van der Waals surface area contributed by atoms with Gasteiger partial charge in [0, 0.05) is 20.6 Å². The Hall–Kier alpha value is -1.06. The number of rotatable bonds is 1. The van der Waals surface area contributed by atoms with E-state index in [9.17, 15) is 9.59 Å². The number of carbonyl (C=O) groups is 2. The number of nitrogens with zero attached hydrogens (tertiary/aromatic N) is 1. The van der Waals surface area contributed by atoms with E-state index in [4.69, 9.17) is 0 Å². The summed E-state index contributed by atoms with van der Waals surface area (Å²) in [5.74, 6) is -0.672. The van der Waals surface area contributed by atoms with E-state index in [1.807, 2.05) is 13.8 Å². The standard InChI is InChI=1S/C7H12N2O2.C2H6/c1-8-6(10)5-3-4-9(2)7(5)11;1-2/h5H,3-4H2,1-2H3,(H,8,10);1-2H3. The highest BCUT2D eigenvalue weighted by molar-refractivity contribution is 6.01. The van der Waals surface area contributed by atoms with E-state index in [0.717, 1.165) is 0 Å². The lowest BCUT2D eigenvalue weighted by molar-refractivity contribution is -0.136. The lowest BCUT2D eigenvalue weighted by Gasteiger charge is -2.08. The average molecular weight is 186 g/mol. The molecule has 0 radical (unpaired) electrons. The molecule has 0 saturated carbocycles. The maximum Gasteiger partial charge on any atom is 0.234 e. The second kappa shape index (κ2) is 5.56. The summed E-state index contributed by atoms with van der Waals surface area (Å²) in [5, 5.41) is 2.47. The third kappa shape index (κ3) is 2.72. The first-order chi connectivity index (χ1) is 6.16. The van der Waals surface area contributed by atoms with Gasteiger partial charge in [0.05, 0.1) is 0 Å². The molecule has 1 fully saturated rings. The minimum absolute atomic E-state index is 0.0654. The van der Waals surface area contributed by atoms with Crippen LogP contribution in [-0.2, 0) is 9.59 Å². The normalized spacial score (nSPS) is 20.8. The Morgan fingerprint density at radius 1 is 1.54 bits per heavy atom. The molecule has 1 saturated heterocycles. The van der Waals surface area contributed by atoms with Crippen LogP contribution in [0.15, 0.2) is 0 Å². The number of likely N-dealkylation sites (tertiary alicyclic amines) is 1. The van der Waals surface area contributed by atoms with Crippen LogP contribution < -0.4 is 5.32 Å². The summed E-state index contributed by atoms with van der Waals surface area (Å²) in [4.78, 5) is 23.8. The highest BCUT2D eigenvalue weighted by atomic mass is 16.2. The molecule has 1 rings (SSSR count). The maximum absolute atomic E-state index is 11.2. The molecule has 0 aromatic heterocycles. The van der Waals surface area contributed by atoms with Crippen LogP contribution in [0.25, 0.3) is 0 Å². The van der Waals surface area contributed by atoms with Crippen molar-refractivity contribution in [2.45, 2.75) is 20.3 Å². The number of hydrogen-bond donors (Lipinski definition) is 1. The lowest BCUT2D eigenvalue weighted by atomic mass is 10.1. The van der Waals surface area contributed by atoms with Gasteiger partial charge in [0.25, 0.3) is 0 Å². The molecule has 1 heterocycles. The first kappa shape index (κ1) is 11.9. The predicted molar refractivity (Wildman–Crippen MR) is 51.2 cm³/mol. The molecule has 0 spiro atoms. The number of hydrogen-bond acceptors (Lipinski definition) is 2. The van der Waals surface area contributed by atoms with Crippen molar-refractivity contribution in [3.05, 3.63) is 0 Å². The second-order valence-electron chi connectivity index (χ2n) is 2.72. The minimum Gasteiger partial charge on any atom is -0.358 e. The molecule has 2 amide bonds. The maximum atomic E-state index is 11.2. The Bertz CT molecular complexity index is 192. The fraction of sp³-hybridized carbons (Fsp3) is 0.778. The summed E-state index contributed by atoms with van der Waals surface area (Å²) in [6.07, 6.45) is 0.648. The lowest BCUT2D eigenvalue weighted by Crippen LogP contribution is -2.33. The molecule has 4 nitrogen and oxygen atoms in total. The number of nitrogens with one attached hydrogen (secondary N) is 1. The molecule has 13 heavy (non-hydrogen) atoms. The van der Waals surface area contributed by atoms with Crippen LogP contribution in [0.5, 0.6) is 0 Å². The van der Waals surface area contributed by atoms with E-state index in [0.29, 0.717) is 13.0 Å². The minimum atomic E-state index is -0.440. The molecule has 1 N–H and O–H groups in total. The van der Waals surface area contributed by atoms with E-state index in [1.165, 1.54) is 0 Å². The van der Waals surface area contributed by atoms with Crippen molar-refractivity contribution in [1.29, 1.82) is 0 Å². The molecule has 1 aliphatic heterocycles. The molecule has 76 valence electrons. The van der Waals surface area contributed by atoms with E-state index >= 15 is 0 Å². The van der Waals surface area contributed by atoms with Gasteiger partial charge in [-0.3, -0.25) is 9.59 Å². The Balaban J connectivity index is 0.000000671. The highest BCUT2D eigenvalue weighted by Gasteiger charge is 2.33. The van der Waals surface area contributed by atoms with Crippen LogP contribution in [0.1, 0.15) is 20.3 Å². The Kier molecular flexibility index (Phi) is 5.11. The van der Waals surface area contributed by atoms with Crippen molar-refractivity contribution >= 4 is 11.8 Å². The van der Waals surface area contributed by atoms with Crippen LogP contribution in [-0.4, -0.2) is 37.4 Å². The second-order valence-corrected chi connectivity index (χ2v) is 2.72. The molecular weight excluding hydrogens is 168 g/mol. The zero-order chi connectivity index (χ0) is 10.4. The van der Waals surface area contributed by atoms with Gasteiger partial charge in [0.15, 0.2) is 0 Å². The quantitative estimate of drug-likeness (QED) is 0.596. The van der Waals surface area contributed by atoms with Crippen LogP contribution in [0.2, 0.25) is 0 Å². The molecule has 1 unspecified atom stereocenters. The largest absolute Gasteiger partial charge is 0.358 e. The van der Waals surface area contributed by atoms with Crippen LogP contribution in [0.3, 0.4) is 0 Å². The third-order valence-corrected chi connectivity index (χ3v) is 1.99. The van der Waals surface area contributed by atoms with Crippen LogP contribution in [0.4, 0.5) is 0 Å². The third-order valence-electron chi connectivity index (χ3n) is 1.99. The van der Waals surface area contributed by atoms with Crippen LogP contribution >= 0.6 is 0 Å². The van der Waals surface area contributed by atoms with Gasteiger partial charge < -0.3 is 10.2 Å². The smallest absolute Gasteiger partial charge is 0.234 e. The summed E-state index contributed by atoms with van der Waals surface area (Å²) in [6, 6.07) is 0. The van der Waals surface area contributed by atoms with E-state index in [2.05, 4.69) is 5.32 Å². The monoisotopic (exact) mass is 186 g/mol. The average Bonchev–Trinajstić information content (AvgIpc) is 2.50. The van der Waals surface area contributed by atoms with E-state index < -0.39 is 5.92 Å². The molecule has 0 aromatic rings. The number of amides is 2. The van der Waals surface area contributed by atoms with Crippen molar-refractivity contribution in [1.82, 2.24) is 10.2 Å². The fourth-order valence-corrected chi connectivity index (χ4v) is 1.24. The first-order valence-corrected chi connectivity index (χ1v) is 4.63. The van der Waals surface area contributed by atoms with Gasteiger partial charge in [-0.1, -0.05) is 13.8 Å². The summed E-state index contributed by atoms with van der Waals surface area (Å²) in [7, 11) is 3.26. The van der Waals surface area contributed by atoms with Gasteiger partial charge in [-0.25, -0.2) is 0 Å². The number of carbonyl (C=O) groups excluding carboxylic acids is 2. The fourth-order valence-electron chi connectivity index (χ4n) is 1.24. The molecule has 1 aliphatic rings. The van der Waals surface area contributed by atoms with Gasteiger partial charge in [0.2, 0.25) is 11.8 Å². The molecule has 1 atom stereocenters. The summed E-state index contributed by atoms with van der Waals surface area (Å²) in [5.41, 5.74) is 0. The zero-order valence-corrected chi connectivity index (χ0v) is 8.76. The predicted octanol–water partition coefficient (Wildman–Crippen LogP) is 0.237. The molecule has 0 aliphatic carbocycles. The zero-order valence-electron chi connectivity index (χ0n) is 8.76. The Morgan fingerprint density at radius 3 is 2.38 bits per heavy atom. The molecule has 0 bridgehead atoms. The molecular formula is C9H18N2O2. The van der Waals surface area contributed by atoms with E-state index in [1.54, 1.807) is 19.0 Å². The molecule has 0 aromatic carbocycles. The van der Waals surface area contributed by atoms with Crippen molar-refractivity contribution in [2.24, 2.45) is 5.92 Å². The van der Waals surface area contributed by atoms with Gasteiger partial charge in [-0.05, 0) is 6.42 Å². The summed E-state index contributed by atoms with van der Waals surface area (Å²) < 4.78 is 0. The summed E-state index contributed by atoms with van der Waals surface area (Å²) >= 11 is 0. The SMILES string of the molecule is CC.CNC(=O)C1CCN(C)C1=O. The van der Waals surface area contributed by atoms with Gasteiger partial charge in [-0.2, -0.15) is 0 Å². The van der Waals surface area contributed by atoms with Crippen molar-refractivity contribution in [2.75, 3.05) is 20.6 Å². The van der Waals surface area contributed by atoms with Gasteiger partial charge in [0.1, 0.15) is 5.92 Å². The van der Waals surface area contributed by atoms with E-state index in [-0.39, 0.29) is 11.8 Å². The molecule has 4 heteroatoms. The topological polar surface area (TPSA) is 49.4 Å². The van der Waals surface area contributed by atoms with Crippen molar-refractivity contribution in [3.63, 3.8) is 0 Å². The Morgan fingerprint density at radius 2 is 2.08 bits per heavy atom. The van der Waals surface area contributed by atoms with Gasteiger partial charge in [-0.15, -0.1) is 0 Å². The van der Waals surface area contributed by atoms with Crippen molar-refractivity contribution < 1.29 is 9.59 Å². The first-order valence-electron chi connectivity index (χ1n) is 4.63.